The third kappa shape index (κ3) is 4.84. The smallest absolute Gasteiger partial charge is 0.254 e. The molecule has 0 saturated heterocycles. The maximum atomic E-state index is 14.2. The highest BCUT2D eigenvalue weighted by atomic mass is 16.5. The topological polar surface area (TPSA) is 54.8 Å². The summed E-state index contributed by atoms with van der Waals surface area (Å²) in [6.45, 7) is 0.986. The number of aliphatic imine (C=N–C) groups is 1. The fourth-order valence-electron chi connectivity index (χ4n) is 4.91. The van der Waals surface area contributed by atoms with Gasteiger partial charge in [0.2, 0.25) is 0 Å². The number of aromatic nitrogens is 1. The highest BCUT2D eigenvalue weighted by Crippen LogP contribution is 2.31. The number of hydrogen-bond acceptors (Lipinski definition) is 4. The fraction of sp³-hybridized carbons (Fsp3) is 0.121. The number of nitrogens with zero attached hydrogens (tertiary/aromatic N) is 3. The fourth-order valence-corrected chi connectivity index (χ4v) is 4.91. The maximum Gasteiger partial charge on any atom is 0.254 e. The lowest BCUT2D eigenvalue weighted by Crippen LogP contribution is -2.39. The summed E-state index contributed by atoms with van der Waals surface area (Å²) < 4.78 is 6.07. The number of ether oxygens (including phenoxy) is 1. The number of hydrogen-bond donors (Lipinski definition) is 0. The van der Waals surface area contributed by atoms with Gasteiger partial charge in [0.15, 0.2) is 6.04 Å². The van der Waals surface area contributed by atoms with Crippen LogP contribution in [0.3, 0.4) is 0 Å². The second kappa shape index (κ2) is 10.8. The zero-order chi connectivity index (χ0) is 25.7. The molecule has 4 aromatic carbocycles. The van der Waals surface area contributed by atoms with Crippen LogP contribution in [0.5, 0.6) is 0 Å². The molecule has 0 N–H and O–H groups in total. The molecule has 0 fully saturated rings. The van der Waals surface area contributed by atoms with Crippen molar-refractivity contribution >= 4 is 28.2 Å². The lowest BCUT2D eigenvalue weighted by molar-refractivity contribution is -0.121. The first-order valence-corrected chi connectivity index (χ1v) is 12.8. The Labute approximate surface area is 222 Å². The number of fused-ring (bicyclic) bond motifs is 2. The van der Waals surface area contributed by atoms with E-state index in [0.717, 1.165) is 44.6 Å². The molecule has 6 rings (SSSR count). The zero-order valence-corrected chi connectivity index (χ0v) is 20.9. The third-order valence-electron chi connectivity index (χ3n) is 6.77. The van der Waals surface area contributed by atoms with E-state index in [1.807, 2.05) is 120 Å². The minimum Gasteiger partial charge on any atom is -0.374 e. The Morgan fingerprint density at radius 1 is 0.763 bits per heavy atom. The van der Waals surface area contributed by atoms with Gasteiger partial charge in [0.05, 0.1) is 36.7 Å². The molecule has 1 aromatic heterocycles. The summed E-state index contributed by atoms with van der Waals surface area (Å²) in [6, 6.07) is 37.4. The Morgan fingerprint density at radius 3 is 2.34 bits per heavy atom. The van der Waals surface area contributed by atoms with Gasteiger partial charge in [0, 0.05) is 22.7 Å². The Kier molecular flexibility index (Phi) is 6.75. The van der Waals surface area contributed by atoms with Gasteiger partial charge in [-0.1, -0.05) is 103 Å². The van der Waals surface area contributed by atoms with E-state index in [-0.39, 0.29) is 12.5 Å². The van der Waals surface area contributed by atoms with Crippen molar-refractivity contribution in [3.8, 4) is 0 Å². The van der Waals surface area contributed by atoms with Gasteiger partial charge >= 0.3 is 0 Å². The van der Waals surface area contributed by atoms with Crippen LogP contribution >= 0.6 is 0 Å². The third-order valence-corrected chi connectivity index (χ3v) is 6.77. The number of rotatable bonds is 7. The summed E-state index contributed by atoms with van der Waals surface area (Å²) in [5.74, 6) is -0.0932. The van der Waals surface area contributed by atoms with Crippen molar-refractivity contribution in [1.29, 1.82) is 0 Å². The van der Waals surface area contributed by atoms with Gasteiger partial charge in [-0.15, -0.1) is 0 Å². The average Bonchev–Trinajstić information content (AvgIpc) is 3.09. The van der Waals surface area contributed by atoms with Crippen LogP contribution in [0.25, 0.3) is 10.9 Å². The summed E-state index contributed by atoms with van der Waals surface area (Å²) >= 11 is 0. The average molecular weight is 498 g/mol. The largest absolute Gasteiger partial charge is 0.374 e. The Bertz CT molecular complexity index is 1590. The van der Waals surface area contributed by atoms with E-state index in [1.165, 1.54) is 0 Å². The van der Waals surface area contributed by atoms with Gasteiger partial charge in [0.1, 0.15) is 0 Å². The molecule has 38 heavy (non-hydrogen) atoms. The molecule has 0 bridgehead atoms. The van der Waals surface area contributed by atoms with Gasteiger partial charge < -0.3 is 9.64 Å². The lowest BCUT2D eigenvalue weighted by atomic mass is 10.00. The molecule has 1 aliphatic heterocycles. The van der Waals surface area contributed by atoms with Crippen LogP contribution in [-0.4, -0.2) is 29.3 Å². The first-order valence-electron chi connectivity index (χ1n) is 12.8. The SMILES string of the molecule is O=C1[C@H](COCc2ccccc2)N=C(c2ccccc2)c2ccccc2N1Cc1cccc2cccnc12. The van der Waals surface area contributed by atoms with Gasteiger partial charge in [-0.05, 0) is 23.3 Å². The molecule has 0 unspecified atom stereocenters. The number of benzene rings is 4. The quantitative estimate of drug-likeness (QED) is 0.269. The maximum absolute atomic E-state index is 14.2. The molecule has 0 radical (unpaired) electrons. The highest BCUT2D eigenvalue weighted by molar-refractivity contribution is 6.20. The molecule has 0 spiro atoms. The van der Waals surface area contributed by atoms with Gasteiger partial charge in [-0.2, -0.15) is 0 Å². The molecule has 0 aliphatic carbocycles. The van der Waals surface area contributed by atoms with Crippen LogP contribution in [0, 0.1) is 0 Å². The minimum atomic E-state index is -0.691. The van der Waals surface area contributed by atoms with E-state index in [2.05, 4.69) is 4.98 Å². The number of carbonyl (C=O) groups excluding carboxylic acids is 1. The second-order valence-corrected chi connectivity index (χ2v) is 9.29. The van der Waals surface area contributed by atoms with Crippen LogP contribution in [-0.2, 0) is 22.7 Å². The van der Waals surface area contributed by atoms with E-state index >= 15 is 0 Å². The predicted molar refractivity (Wildman–Crippen MR) is 151 cm³/mol. The first kappa shape index (κ1) is 23.8. The van der Waals surface area contributed by atoms with Crippen molar-refractivity contribution in [3.63, 3.8) is 0 Å². The summed E-state index contributed by atoms with van der Waals surface area (Å²) in [7, 11) is 0. The van der Waals surface area contributed by atoms with Crippen molar-refractivity contribution in [2.24, 2.45) is 4.99 Å². The number of anilines is 1. The van der Waals surface area contributed by atoms with Crippen LogP contribution < -0.4 is 4.90 Å². The number of benzodiazepines with no additional fused rings is 1. The normalized spacial score (nSPS) is 15.2. The van der Waals surface area contributed by atoms with Crippen molar-refractivity contribution in [2.75, 3.05) is 11.5 Å². The molecule has 1 amide bonds. The Balaban J connectivity index is 1.41. The number of amides is 1. The highest BCUT2D eigenvalue weighted by Gasteiger charge is 2.32. The Hall–Kier alpha value is -4.61. The van der Waals surface area contributed by atoms with E-state index < -0.39 is 6.04 Å². The molecule has 1 aliphatic rings. The first-order chi connectivity index (χ1) is 18.8. The van der Waals surface area contributed by atoms with Crippen LogP contribution in [0.4, 0.5) is 5.69 Å². The van der Waals surface area contributed by atoms with E-state index in [9.17, 15) is 4.79 Å². The summed E-state index contributed by atoms with van der Waals surface area (Å²) in [6.07, 6.45) is 1.79. The van der Waals surface area contributed by atoms with E-state index in [1.54, 1.807) is 6.20 Å². The molecular weight excluding hydrogens is 470 g/mol. The van der Waals surface area contributed by atoms with E-state index in [0.29, 0.717) is 13.2 Å². The van der Waals surface area contributed by atoms with Gasteiger partial charge in [-0.25, -0.2) is 0 Å². The van der Waals surface area contributed by atoms with Crippen LogP contribution in [0.1, 0.15) is 22.3 Å². The molecule has 0 saturated carbocycles. The van der Waals surface area contributed by atoms with Crippen molar-refractivity contribution in [1.82, 2.24) is 4.98 Å². The summed E-state index contributed by atoms with van der Waals surface area (Å²) in [4.78, 5) is 25.7. The van der Waals surface area contributed by atoms with Gasteiger partial charge in [0.25, 0.3) is 5.91 Å². The molecule has 1 atom stereocenters. The Morgan fingerprint density at radius 2 is 1.50 bits per heavy atom. The van der Waals surface area contributed by atoms with Gasteiger partial charge in [-0.3, -0.25) is 14.8 Å². The van der Waals surface area contributed by atoms with Crippen LogP contribution in [0.15, 0.2) is 126 Å². The molecule has 5 aromatic rings. The number of pyridine rings is 1. The summed E-state index contributed by atoms with van der Waals surface area (Å²) in [5, 5.41) is 1.05. The van der Waals surface area contributed by atoms with E-state index in [4.69, 9.17) is 9.73 Å². The predicted octanol–water partition coefficient (Wildman–Crippen LogP) is 6.20. The van der Waals surface area contributed by atoms with Crippen molar-refractivity contribution < 1.29 is 9.53 Å². The zero-order valence-electron chi connectivity index (χ0n) is 20.9. The number of carbonyl (C=O) groups is 1. The lowest BCUT2D eigenvalue weighted by Gasteiger charge is -2.26. The molecule has 5 heteroatoms. The van der Waals surface area contributed by atoms with Crippen molar-refractivity contribution in [2.45, 2.75) is 19.2 Å². The minimum absolute atomic E-state index is 0.0932. The summed E-state index contributed by atoms with van der Waals surface area (Å²) in [5.41, 5.74) is 6.45. The molecular formula is C33H27N3O2. The molecule has 186 valence electrons. The number of para-hydroxylation sites is 2. The molecule has 5 nitrogen and oxygen atoms in total. The standard InChI is InChI=1S/C33H27N3O2/c37-33-29(23-38-22-24-11-3-1-4-12-24)35-32(26-13-5-2-6-14-26)28-18-7-8-19-30(28)36(33)21-27-16-9-15-25-17-10-20-34-31(25)27/h1-20,29H,21-23H2/t29-/m0/s1. The van der Waals surface area contributed by atoms with Crippen LogP contribution in [0.2, 0.25) is 0 Å². The monoisotopic (exact) mass is 497 g/mol. The van der Waals surface area contributed by atoms with Crippen molar-refractivity contribution in [3.05, 3.63) is 144 Å². The second-order valence-electron chi connectivity index (χ2n) is 9.29. The molecule has 2 heterocycles.